The molecule has 0 atom stereocenters. The van der Waals surface area contributed by atoms with E-state index in [2.05, 4.69) is 14.7 Å². The van der Waals surface area contributed by atoms with Crippen LogP contribution >= 0.6 is 0 Å². The minimum absolute atomic E-state index is 0.658. The molecule has 1 aromatic heterocycles. The molecule has 0 spiro atoms. The van der Waals surface area contributed by atoms with E-state index in [-0.39, 0.29) is 0 Å². The highest BCUT2D eigenvalue weighted by Crippen LogP contribution is 2.40. The van der Waals surface area contributed by atoms with E-state index in [1.807, 2.05) is 0 Å². The zero-order valence-electron chi connectivity index (χ0n) is 9.52. The van der Waals surface area contributed by atoms with Crippen molar-refractivity contribution in [2.45, 2.75) is 50.7 Å². The van der Waals surface area contributed by atoms with Gasteiger partial charge in [0, 0.05) is 24.7 Å². The Morgan fingerprint density at radius 3 is 2.56 bits per heavy atom. The van der Waals surface area contributed by atoms with Crippen molar-refractivity contribution in [3.05, 3.63) is 11.3 Å². The monoisotopic (exact) mass is 218 g/mol. The fourth-order valence-electron chi connectivity index (χ4n) is 2.86. The Balaban J connectivity index is 1.70. The maximum Gasteiger partial charge on any atom is 0.149 e. The molecule has 2 saturated carbocycles. The molecular weight excluding hydrogens is 200 g/mol. The molecule has 0 unspecified atom stereocenters. The van der Waals surface area contributed by atoms with Crippen molar-refractivity contribution in [1.82, 2.24) is 14.7 Å². The molecule has 2 fully saturated rings. The lowest BCUT2D eigenvalue weighted by Gasteiger charge is -2.27. The van der Waals surface area contributed by atoms with Crippen LogP contribution in [0.25, 0.3) is 0 Å². The Morgan fingerprint density at radius 2 is 1.88 bits per heavy atom. The molecule has 2 N–H and O–H groups in total. The third-order valence-electron chi connectivity index (χ3n) is 4.11. The Labute approximate surface area is 95.4 Å². The first-order valence-corrected chi connectivity index (χ1v) is 6.42. The maximum atomic E-state index is 6.01. The molecule has 1 aliphatic heterocycles. The largest absolute Gasteiger partial charge is 0.382 e. The van der Waals surface area contributed by atoms with Crippen molar-refractivity contribution in [3.8, 4) is 0 Å². The predicted molar refractivity (Wildman–Crippen MR) is 62.0 cm³/mol. The lowest BCUT2D eigenvalue weighted by Crippen LogP contribution is -2.33. The van der Waals surface area contributed by atoms with Gasteiger partial charge in [0.25, 0.3) is 0 Å². The molecule has 2 heterocycles. The smallest absolute Gasteiger partial charge is 0.149 e. The highest BCUT2D eigenvalue weighted by Gasteiger charge is 2.36. The van der Waals surface area contributed by atoms with Crippen LogP contribution in [0, 0.1) is 0 Å². The van der Waals surface area contributed by atoms with Gasteiger partial charge in [0.15, 0.2) is 0 Å². The zero-order valence-corrected chi connectivity index (χ0v) is 9.52. The third-order valence-corrected chi connectivity index (χ3v) is 4.11. The molecule has 0 bridgehead atoms. The van der Waals surface area contributed by atoms with Crippen molar-refractivity contribution in [2.75, 3.05) is 12.3 Å². The van der Waals surface area contributed by atoms with E-state index >= 15 is 0 Å². The molecule has 0 saturated heterocycles. The summed E-state index contributed by atoms with van der Waals surface area (Å²) in [6.07, 6.45) is 6.46. The minimum atomic E-state index is 0.658. The van der Waals surface area contributed by atoms with Crippen LogP contribution in [0.15, 0.2) is 0 Å². The predicted octanol–water partition coefficient (Wildman–Crippen LogP) is 1.32. The summed E-state index contributed by atoms with van der Waals surface area (Å²) in [5.74, 6) is 0.789. The summed E-state index contributed by atoms with van der Waals surface area (Å²) in [6.45, 7) is 2.26. The number of rotatable bonds is 2. The van der Waals surface area contributed by atoms with Gasteiger partial charge in [-0.05, 0) is 32.1 Å². The van der Waals surface area contributed by atoms with Gasteiger partial charge in [0.05, 0.1) is 11.7 Å². The Hall–Kier alpha value is -1.03. The van der Waals surface area contributed by atoms with E-state index in [1.165, 1.54) is 43.5 Å². The van der Waals surface area contributed by atoms with Gasteiger partial charge in [-0.2, -0.15) is 5.10 Å². The number of hydrogen-bond acceptors (Lipinski definition) is 3. The van der Waals surface area contributed by atoms with Crippen molar-refractivity contribution in [2.24, 2.45) is 0 Å². The standard InChI is InChI=1S/C12H18N4/c13-12-10-5-6-15(8-1-2-8)7-11(10)16(14-12)9-3-4-9/h8-9H,1-7H2,(H2,13,14). The lowest BCUT2D eigenvalue weighted by molar-refractivity contribution is 0.235. The molecule has 4 nitrogen and oxygen atoms in total. The van der Waals surface area contributed by atoms with Crippen molar-refractivity contribution >= 4 is 5.82 Å². The summed E-state index contributed by atoms with van der Waals surface area (Å²) in [6, 6.07) is 1.52. The van der Waals surface area contributed by atoms with Crippen LogP contribution in [-0.4, -0.2) is 27.3 Å². The van der Waals surface area contributed by atoms with E-state index in [0.717, 1.165) is 24.8 Å². The molecule has 16 heavy (non-hydrogen) atoms. The molecule has 2 aliphatic carbocycles. The molecule has 3 aliphatic rings. The SMILES string of the molecule is Nc1nn(C2CC2)c2c1CCN(C1CC1)C2. The fourth-order valence-corrected chi connectivity index (χ4v) is 2.86. The van der Waals surface area contributed by atoms with Crippen molar-refractivity contribution < 1.29 is 0 Å². The quantitative estimate of drug-likeness (QED) is 0.814. The zero-order chi connectivity index (χ0) is 10.7. The van der Waals surface area contributed by atoms with Crippen molar-refractivity contribution in [3.63, 3.8) is 0 Å². The van der Waals surface area contributed by atoms with Crippen LogP contribution in [0.3, 0.4) is 0 Å². The first-order chi connectivity index (χ1) is 7.83. The normalized spacial score (nSPS) is 25.8. The summed E-state index contributed by atoms with van der Waals surface area (Å²) in [5, 5.41) is 4.54. The van der Waals surface area contributed by atoms with Gasteiger partial charge in [-0.25, -0.2) is 0 Å². The van der Waals surface area contributed by atoms with Gasteiger partial charge >= 0.3 is 0 Å². The van der Waals surface area contributed by atoms with Gasteiger partial charge in [-0.3, -0.25) is 9.58 Å². The van der Waals surface area contributed by atoms with Gasteiger partial charge < -0.3 is 5.73 Å². The van der Waals surface area contributed by atoms with Gasteiger partial charge in [-0.1, -0.05) is 0 Å². The molecule has 1 aromatic rings. The minimum Gasteiger partial charge on any atom is -0.382 e. The van der Waals surface area contributed by atoms with E-state index in [9.17, 15) is 0 Å². The van der Waals surface area contributed by atoms with Gasteiger partial charge in [0.1, 0.15) is 5.82 Å². The van der Waals surface area contributed by atoms with Gasteiger partial charge in [0.2, 0.25) is 0 Å². The average molecular weight is 218 g/mol. The molecule has 4 heteroatoms. The number of nitrogen functional groups attached to an aromatic ring is 1. The van der Waals surface area contributed by atoms with Crippen LogP contribution in [0.5, 0.6) is 0 Å². The molecular formula is C12H18N4. The highest BCUT2D eigenvalue weighted by molar-refractivity contribution is 5.44. The number of anilines is 1. The van der Waals surface area contributed by atoms with E-state index < -0.39 is 0 Å². The summed E-state index contributed by atoms with van der Waals surface area (Å²) < 4.78 is 2.22. The lowest BCUT2D eigenvalue weighted by atomic mass is 10.1. The number of aromatic nitrogens is 2. The van der Waals surface area contributed by atoms with E-state index in [0.29, 0.717) is 6.04 Å². The number of nitrogens with zero attached hydrogens (tertiary/aromatic N) is 3. The second-order valence-corrected chi connectivity index (χ2v) is 5.44. The number of nitrogens with two attached hydrogens (primary N) is 1. The van der Waals surface area contributed by atoms with Crippen LogP contribution in [0.2, 0.25) is 0 Å². The number of hydrogen-bond donors (Lipinski definition) is 1. The Kier molecular flexibility index (Phi) is 1.70. The molecule has 4 rings (SSSR count). The summed E-state index contributed by atoms with van der Waals surface area (Å²) in [4.78, 5) is 2.61. The van der Waals surface area contributed by atoms with Crippen LogP contribution in [0.4, 0.5) is 5.82 Å². The molecule has 0 radical (unpaired) electrons. The van der Waals surface area contributed by atoms with Crippen molar-refractivity contribution in [1.29, 1.82) is 0 Å². The van der Waals surface area contributed by atoms with Crippen LogP contribution in [0.1, 0.15) is 43.0 Å². The van der Waals surface area contributed by atoms with Crippen LogP contribution < -0.4 is 5.73 Å². The highest BCUT2D eigenvalue weighted by atomic mass is 15.4. The average Bonchev–Trinajstić information content (AvgIpc) is 3.16. The summed E-state index contributed by atoms with van der Waals surface area (Å²) >= 11 is 0. The first-order valence-electron chi connectivity index (χ1n) is 6.42. The van der Waals surface area contributed by atoms with E-state index in [4.69, 9.17) is 5.73 Å². The third kappa shape index (κ3) is 1.29. The maximum absolute atomic E-state index is 6.01. The topological polar surface area (TPSA) is 47.1 Å². The molecule has 86 valence electrons. The van der Waals surface area contributed by atoms with Gasteiger partial charge in [-0.15, -0.1) is 0 Å². The fraction of sp³-hybridized carbons (Fsp3) is 0.750. The molecule has 0 aromatic carbocycles. The summed E-state index contributed by atoms with van der Waals surface area (Å²) in [7, 11) is 0. The van der Waals surface area contributed by atoms with E-state index in [1.54, 1.807) is 0 Å². The number of fused-ring (bicyclic) bond motifs is 1. The van der Waals surface area contributed by atoms with Crippen LogP contribution in [-0.2, 0) is 13.0 Å². The summed E-state index contributed by atoms with van der Waals surface area (Å²) in [5.41, 5.74) is 8.77. The first kappa shape index (κ1) is 9.05. The second kappa shape index (κ2) is 3.00. The second-order valence-electron chi connectivity index (χ2n) is 5.44. The Morgan fingerprint density at radius 1 is 1.12 bits per heavy atom. The Bertz CT molecular complexity index is 428. The molecule has 0 amide bonds.